The highest BCUT2D eigenvalue weighted by atomic mass is 32.1. The fourth-order valence-corrected chi connectivity index (χ4v) is 2.66. The van der Waals surface area contributed by atoms with Gasteiger partial charge in [-0.15, -0.1) is 0 Å². The van der Waals surface area contributed by atoms with Crippen molar-refractivity contribution in [3.8, 4) is 0 Å². The lowest BCUT2D eigenvalue weighted by Crippen LogP contribution is -2.52. The summed E-state index contributed by atoms with van der Waals surface area (Å²) in [5.41, 5.74) is 5.68. The molecule has 6 nitrogen and oxygen atoms in total. The molecule has 0 aromatic carbocycles. The molecule has 21 heavy (non-hydrogen) atoms. The van der Waals surface area contributed by atoms with Gasteiger partial charge in [-0.2, -0.15) is 0 Å². The number of piperazine rings is 1. The number of ether oxygens (including phenoxy) is 1. The first-order chi connectivity index (χ1) is 9.99. The first-order valence-electron chi connectivity index (χ1n) is 7.36. The van der Waals surface area contributed by atoms with Crippen LogP contribution in [0.15, 0.2) is 0 Å². The van der Waals surface area contributed by atoms with E-state index in [0.29, 0.717) is 32.5 Å². The van der Waals surface area contributed by atoms with E-state index in [1.54, 1.807) is 0 Å². The number of thiocarbonyl (C=S) groups is 1. The normalized spacial score (nSPS) is 17.3. The molecule has 120 valence electrons. The van der Waals surface area contributed by atoms with Crippen LogP contribution in [0.2, 0.25) is 0 Å². The van der Waals surface area contributed by atoms with Gasteiger partial charge in [0, 0.05) is 32.7 Å². The molecule has 0 bridgehead atoms. The van der Waals surface area contributed by atoms with Crippen LogP contribution < -0.4 is 5.73 Å². The largest absolute Gasteiger partial charge is 0.469 e. The summed E-state index contributed by atoms with van der Waals surface area (Å²) < 4.78 is 4.63. The van der Waals surface area contributed by atoms with Gasteiger partial charge in [0.2, 0.25) is 5.91 Å². The molecule has 1 saturated heterocycles. The van der Waals surface area contributed by atoms with Crippen LogP contribution in [0.4, 0.5) is 0 Å². The third-order valence-corrected chi connectivity index (χ3v) is 4.05. The lowest BCUT2D eigenvalue weighted by Gasteiger charge is -2.36. The number of hydrogen-bond acceptors (Lipinski definition) is 5. The van der Waals surface area contributed by atoms with Gasteiger partial charge in [0.1, 0.15) is 0 Å². The third kappa shape index (κ3) is 5.59. The highest BCUT2D eigenvalue weighted by Gasteiger charge is 2.28. The Balaban J connectivity index is 2.42. The van der Waals surface area contributed by atoms with Crippen LogP contribution in [-0.2, 0) is 14.3 Å². The first kappa shape index (κ1) is 17.8. The van der Waals surface area contributed by atoms with Crippen molar-refractivity contribution in [2.45, 2.75) is 26.2 Å². The summed E-state index contributed by atoms with van der Waals surface area (Å²) in [7, 11) is 1.39. The van der Waals surface area contributed by atoms with Crippen LogP contribution in [-0.4, -0.2) is 66.5 Å². The lowest BCUT2D eigenvalue weighted by atomic mass is 10.0. The standard InChI is InChI=1S/C14H25N3O3S/c1-3-4-11(13(15)21)14(19)17-9-7-16(8-10-17)6-5-12(18)20-2/h11H,3-10H2,1-2H3,(H2,15,21). The van der Waals surface area contributed by atoms with Crippen molar-refractivity contribution in [1.82, 2.24) is 9.80 Å². The van der Waals surface area contributed by atoms with Gasteiger partial charge in [-0.05, 0) is 6.42 Å². The topological polar surface area (TPSA) is 75.9 Å². The molecule has 0 aliphatic carbocycles. The maximum Gasteiger partial charge on any atom is 0.306 e. The predicted molar refractivity (Wildman–Crippen MR) is 84.8 cm³/mol. The summed E-state index contributed by atoms with van der Waals surface area (Å²) in [5, 5.41) is 0. The SMILES string of the molecule is CCCC(C(=O)N1CCN(CCC(=O)OC)CC1)C(N)=S. The van der Waals surface area contributed by atoms with Crippen molar-refractivity contribution in [2.24, 2.45) is 11.7 Å². The molecule has 1 heterocycles. The molecule has 1 unspecified atom stereocenters. The summed E-state index contributed by atoms with van der Waals surface area (Å²) in [6.07, 6.45) is 1.97. The molecule has 1 aliphatic heterocycles. The van der Waals surface area contributed by atoms with E-state index in [1.807, 2.05) is 11.8 Å². The third-order valence-electron chi connectivity index (χ3n) is 3.76. The maximum atomic E-state index is 12.4. The molecule has 1 fully saturated rings. The van der Waals surface area contributed by atoms with E-state index in [1.165, 1.54) is 7.11 Å². The van der Waals surface area contributed by atoms with Gasteiger partial charge >= 0.3 is 5.97 Å². The van der Waals surface area contributed by atoms with Crippen molar-refractivity contribution >= 4 is 29.1 Å². The van der Waals surface area contributed by atoms with E-state index < -0.39 is 0 Å². The molecule has 1 rings (SSSR count). The molecule has 2 N–H and O–H groups in total. The number of nitrogens with two attached hydrogens (primary N) is 1. The van der Waals surface area contributed by atoms with Gasteiger partial charge < -0.3 is 15.4 Å². The molecule has 1 aliphatic rings. The van der Waals surface area contributed by atoms with Crippen LogP contribution in [0.3, 0.4) is 0 Å². The lowest BCUT2D eigenvalue weighted by molar-refractivity contribution is -0.141. The van der Waals surface area contributed by atoms with Crippen LogP contribution >= 0.6 is 12.2 Å². The Morgan fingerprint density at radius 1 is 1.29 bits per heavy atom. The second kappa shape index (κ2) is 8.94. The number of rotatable bonds is 7. The van der Waals surface area contributed by atoms with Gasteiger partial charge in [0.05, 0.1) is 24.4 Å². The van der Waals surface area contributed by atoms with E-state index in [2.05, 4.69) is 9.64 Å². The van der Waals surface area contributed by atoms with Crippen molar-refractivity contribution in [3.63, 3.8) is 0 Å². The second-order valence-corrected chi connectivity index (χ2v) is 5.71. The van der Waals surface area contributed by atoms with Crippen LogP contribution in [0.5, 0.6) is 0 Å². The Morgan fingerprint density at radius 2 is 1.90 bits per heavy atom. The van der Waals surface area contributed by atoms with Crippen molar-refractivity contribution in [1.29, 1.82) is 0 Å². The van der Waals surface area contributed by atoms with Gasteiger partial charge in [-0.25, -0.2) is 0 Å². The van der Waals surface area contributed by atoms with Crippen molar-refractivity contribution < 1.29 is 14.3 Å². The highest BCUT2D eigenvalue weighted by molar-refractivity contribution is 7.80. The van der Waals surface area contributed by atoms with E-state index in [4.69, 9.17) is 18.0 Å². The minimum atomic E-state index is -0.341. The molecule has 1 atom stereocenters. The van der Waals surface area contributed by atoms with Gasteiger partial charge in [0.25, 0.3) is 0 Å². The molecular weight excluding hydrogens is 290 g/mol. The zero-order valence-electron chi connectivity index (χ0n) is 12.8. The fraction of sp³-hybridized carbons (Fsp3) is 0.786. The molecule has 0 radical (unpaired) electrons. The van der Waals surface area contributed by atoms with Crippen molar-refractivity contribution in [2.75, 3.05) is 39.8 Å². The molecule has 1 amide bonds. The number of nitrogens with zero attached hydrogens (tertiary/aromatic N) is 2. The monoisotopic (exact) mass is 315 g/mol. The van der Waals surface area contributed by atoms with Gasteiger partial charge in [0.15, 0.2) is 0 Å². The summed E-state index contributed by atoms with van der Waals surface area (Å²) in [6, 6.07) is 0. The van der Waals surface area contributed by atoms with Crippen LogP contribution in [0.1, 0.15) is 26.2 Å². The van der Waals surface area contributed by atoms with Gasteiger partial charge in [-0.3, -0.25) is 14.5 Å². The smallest absolute Gasteiger partial charge is 0.306 e. The highest BCUT2D eigenvalue weighted by Crippen LogP contribution is 2.13. The number of amides is 1. The number of carbonyl (C=O) groups excluding carboxylic acids is 2. The minimum Gasteiger partial charge on any atom is -0.469 e. The quantitative estimate of drug-likeness (QED) is 0.541. The predicted octanol–water partition coefficient (Wildman–Crippen LogP) is 0.396. The van der Waals surface area contributed by atoms with E-state index in [9.17, 15) is 9.59 Å². The minimum absolute atomic E-state index is 0.0389. The summed E-state index contributed by atoms with van der Waals surface area (Å²) in [4.78, 5) is 27.8. The Morgan fingerprint density at radius 3 is 2.38 bits per heavy atom. The molecule has 0 aromatic heterocycles. The average molecular weight is 315 g/mol. The summed E-state index contributed by atoms with van der Waals surface area (Å²) in [6.45, 7) is 5.52. The van der Waals surface area contributed by atoms with Crippen LogP contribution in [0, 0.1) is 5.92 Å². The molecule has 0 aromatic rings. The zero-order chi connectivity index (χ0) is 15.8. The second-order valence-electron chi connectivity index (χ2n) is 5.24. The molecule has 7 heteroatoms. The number of carbonyl (C=O) groups is 2. The van der Waals surface area contributed by atoms with Gasteiger partial charge in [-0.1, -0.05) is 25.6 Å². The zero-order valence-corrected chi connectivity index (χ0v) is 13.7. The van der Waals surface area contributed by atoms with Crippen LogP contribution in [0.25, 0.3) is 0 Å². The Hall–Kier alpha value is -1.21. The summed E-state index contributed by atoms with van der Waals surface area (Å²) in [5.74, 6) is -0.506. The molecule has 0 spiro atoms. The average Bonchev–Trinajstić information content (AvgIpc) is 2.49. The Bertz CT molecular complexity index is 382. The number of methoxy groups -OCH3 is 1. The first-order valence-corrected chi connectivity index (χ1v) is 7.77. The molecule has 0 saturated carbocycles. The Labute approximate surface area is 131 Å². The van der Waals surface area contributed by atoms with Crippen molar-refractivity contribution in [3.05, 3.63) is 0 Å². The maximum absolute atomic E-state index is 12.4. The summed E-state index contributed by atoms with van der Waals surface area (Å²) >= 11 is 5.00. The number of hydrogen-bond donors (Lipinski definition) is 1. The number of esters is 1. The fourth-order valence-electron chi connectivity index (χ4n) is 2.44. The van der Waals surface area contributed by atoms with E-state index >= 15 is 0 Å². The Kier molecular flexibility index (Phi) is 7.60. The van der Waals surface area contributed by atoms with E-state index in [-0.39, 0.29) is 22.8 Å². The van der Waals surface area contributed by atoms with E-state index in [0.717, 1.165) is 19.5 Å². The molecular formula is C14H25N3O3S.